The number of hydrogen-bond donors (Lipinski definition) is 1. The molecule has 28 heavy (non-hydrogen) atoms. The fourth-order valence-corrected chi connectivity index (χ4v) is 3.16. The smallest absolute Gasteiger partial charge is 0.293 e. The highest BCUT2D eigenvalue weighted by atomic mass is 35.5. The van der Waals surface area contributed by atoms with E-state index in [1.165, 1.54) is 13.2 Å². The second kappa shape index (κ2) is 8.45. The van der Waals surface area contributed by atoms with Gasteiger partial charge in [-0.25, -0.2) is 0 Å². The first-order valence-electron chi connectivity index (χ1n) is 8.67. The molecule has 2 aromatic rings. The van der Waals surface area contributed by atoms with Gasteiger partial charge >= 0.3 is 0 Å². The highest BCUT2D eigenvalue weighted by Gasteiger charge is 2.23. The minimum atomic E-state index is -0.478. The van der Waals surface area contributed by atoms with Gasteiger partial charge in [0.2, 0.25) is 0 Å². The number of halogens is 1. The Morgan fingerprint density at radius 2 is 2.00 bits per heavy atom. The highest BCUT2D eigenvalue weighted by Crippen LogP contribution is 2.33. The van der Waals surface area contributed by atoms with Crippen LogP contribution >= 0.6 is 11.6 Å². The first-order valence-corrected chi connectivity index (χ1v) is 9.05. The van der Waals surface area contributed by atoms with Gasteiger partial charge in [0.1, 0.15) is 11.4 Å². The molecule has 0 unspecified atom stereocenters. The molecular weight excluding hydrogens is 386 g/mol. The Morgan fingerprint density at radius 1 is 1.29 bits per heavy atom. The normalized spacial score (nSPS) is 13.9. The molecule has 3 rings (SSSR count). The third kappa shape index (κ3) is 4.18. The summed E-state index contributed by atoms with van der Waals surface area (Å²) in [7, 11) is 1.47. The summed E-state index contributed by atoms with van der Waals surface area (Å²) in [5.74, 6) is -0.0694. The van der Waals surface area contributed by atoms with E-state index in [0.29, 0.717) is 48.5 Å². The number of rotatable bonds is 5. The van der Waals surface area contributed by atoms with Crippen molar-refractivity contribution >= 4 is 34.6 Å². The molecule has 2 aromatic carbocycles. The molecule has 0 aromatic heterocycles. The number of nitrogens with zero attached hydrogens (tertiary/aromatic N) is 2. The fraction of sp³-hybridized carbons (Fsp3) is 0.316. The van der Waals surface area contributed by atoms with E-state index in [9.17, 15) is 14.9 Å². The summed E-state index contributed by atoms with van der Waals surface area (Å²) >= 11 is 6.08. The maximum Gasteiger partial charge on any atom is 0.293 e. The van der Waals surface area contributed by atoms with Gasteiger partial charge in [-0.15, -0.1) is 0 Å². The lowest BCUT2D eigenvalue weighted by molar-refractivity contribution is -0.384. The number of ether oxygens (including phenoxy) is 2. The lowest BCUT2D eigenvalue weighted by atomic mass is 10.1. The van der Waals surface area contributed by atoms with Crippen LogP contribution in [-0.4, -0.2) is 44.2 Å². The van der Waals surface area contributed by atoms with Crippen LogP contribution in [0.2, 0.25) is 5.02 Å². The summed E-state index contributed by atoms with van der Waals surface area (Å²) in [5.41, 5.74) is 1.75. The molecule has 0 aliphatic carbocycles. The summed E-state index contributed by atoms with van der Waals surface area (Å²) in [4.78, 5) is 25.7. The van der Waals surface area contributed by atoms with E-state index >= 15 is 0 Å². The van der Waals surface area contributed by atoms with Gasteiger partial charge in [0.25, 0.3) is 11.6 Å². The molecule has 1 amide bonds. The van der Waals surface area contributed by atoms with Crippen molar-refractivity contribution in [2.75, 3.05) is 43.6 Å². The van der Waals surface area contributed by atoms with Gasteiger partial charge in [0.05, 0.1) is 30.9 Å². The number of amides is 1. The zero-order valence-electron chi connectivity index (χ0n) is 15.5. The molecule has 8 nitrogen and oxygen atoms in total. The number of anilines is 2. The van der Waals surface area contributed by atoms with Gasteiger partial charge in [0, 0.05) is 35.8 Å². The van der Waals surface area contributed by atoms with Crippen molar-refractivity contribution in [1.82, 2.24) is 0 Å². The minimum absolute atomic E-state index is 0.117. The largest absolute Gasteiger partial charge is 0.495 e. The number of nitrogens with one attached hydrogen (secondary N) is 1. The Balaban J connectivity index is 1.89. The maximum absolute atomic E-state index is 12.7. The van der Waals surface area contributed by atoms with E-state index in [0.717, 1.165) is 5.56 Å². The number of nitro benzene ring substituents is 1. The molecular formula is C19H20ClN3O5. The maximum atomic E-state index is 12.7. The first kappa shape index (κ1) is 19.9. The minimum Gasteiger partial charge on any atom is -0.495 e. The van der Waals surface area contributed by atoms with E-state index in [2.05, 4.69) is 5.32 Å². The second-order valence-electron chi connectivity index (χ2n) is 6.32. The molecule has 1 heterocycles. The summed E-state index contributed by atoms with van der Waals surface area (Å²) in [5, 5.41) is 14.8. The molecule has 0 atom stereocenters. The van der Waals surface area contributed by atoms with Crippen LogP contribution in [0.4, 0.5) is 17.1 Å². The van der Waals surface area contributed by atoms with Crippen LogP contribution in [0.5, 0.6) is 5.75 Å². The van der Waals surface area contributed by atoms with Crippen LogP contribution in [0, 0.1) is 17.0 Å². The molecule has 0 bridgehead atoms. The predicted octanol–water partition coefficient (Wildman–Crippen LogP) is 3.65. The summed E-state index contributed by atoms with van der Waals surface area (Å²) in [6.45, 7) is 3.95. The predicted molar refractivity (Wildman–Crippen MR) is 107 cm³/mol. The molecule has 148 valence electrons. The summed E-state index contributed by atoms with van der Waals surface area (Å²) < 4.78 is 10.5. The number of carbonyl (C=O) groups is 1. The van der Waals surface area contributed by atoms with E-state index in [1.54, 1.807) is 31.2 Å². The van der Waals surface area contributed by atoms with Crippen molar-refractivity contribution < 1.29 is 19.2 Å². The fourth-order valence-electron chi connectivity index (χ4n) is 3.01. The molecule has 1 N–H and O–H groups in total. The van der Waals surface area contributed by atoms with Gasteiger partial charge in [-0.3, -0.25) is 14.9 Å². The second-order valence-corrected chi connectivity index (χ2v) is 6.72. The Morgan fingerprint density at radius 3 is 2.64 bits per heavy atom. The van der Waals surface area contributed by atoms with Crippen molar-refractivity contribution in [2.24, 2.45) is 0 Å². The molecule has 1 aliphatic heterocycles. The highest BCUT2D eigenvalue weighted by molar-refractivity contribution is 6.31. The van der Waals surface area contributed by atoms with Crippen molar-refractivity contribution in [3.05, 3.63) is 56.6 Å². The lowest BCUT2D eigenvalue weighted by Gasteiger charge is -2.28. The van der Waals surface area contributed by atoms with Crippen molar-refractivity contribution in [3.8, 4) is 5.75 Å². The van der Waals surface area contributed by atoms with Gasteiger partial charge < -0.3 is 19.7 Å². The number of aryl methyl sites for hydroxylation is 1. The standard InChI is InChI=1S/C19H20ClN3O5/c1-12-9-15(18(27-2)11-14(12)20)21-19(24)13-3-4-16(17(10-13)23(25)26)22-5-7-28-8-6-22/h3-4,9-11H,5-8H2,1-2H3,(H,21,24). The number of carbonyl (C=O) groups excluding carboxylic acids is 1. The number of morpholine rings is 1. The molecule has 0 spiro atoms. The van der Waals surface area contributed by atoms with E-state index in [-0.39, 0.29) is 11.3 Å². The Bertz CT molecular complexity index is 913. The van der Waals surface area contributed by atoms with E-state index < -0.39 is 10.8 Å². The average molecular weight is 406 g/mol. The van der Waals surface area contributed by atoms with Crippen molar-refractivity contribution in [1.29, 1.82) is 0 Å². The number of nitro groups is 1. The summed E-state index contributed by atoms with van der Waals surface area (Å²) in [6.07, 6.45) is 0. The molecule has 0 saturated carbocycles. The Kier molecular flexibility index (Phi) is 6.01. The average Bonchev–Trinajstić information content (AvgIpc) is 2.70. The molecule has 1 saturated heterocycles. The SMILES string of the molecule is COc1cc(Cl)c(C)cc1NC(=O)c1ccc(N2CCOCC2)c([N+](=O)[O-])c1. The van der Waals surface area contributed by atoms with E-state index in [1.807, 2.05) is 4.90 Å². The van der Waals surface area contributed by atoms with E-state index in [4.69, 9.17) is 21.1 Å². The lowest BCUT2D eigenvalue weighted by Crippen LogP contribution is -2.36. The Labute approximate surface area is 167 Å². The molecule has 9 heteroatoms. The van der Waals surface area contributed by atoms with Crippen LogP contribution in [0.25, 0.3) is 0 Å². The van der Waals surface area contributed by atoms with Gasteiger partial charge in [-0.1, -0.05) is 11.6 Å². The monoisotopic (exact) mass is 405 g/mol. The third-order valence-electron chi connectivity index (χ3n) is 4.52. The van der Waals surface area contributed by atoms with Crippen LogP contribution in [0.1, 0.15) is 15.9 Å². The summed E-state index contributed by atoms with van der Waals surface area (Å²) in [6, 6.07) is 7.76. The number of methoxy groups -OCH3 is 1. The van der Waals surface area contributed by atoms with Crippen molar-refractivity contribution in [2.45, 2.75) is 6.92 Å². The Hall–Kier alpha value is -2.84. The first-order chi connectivity index (χ1) is 13.4. The molecule has 1 aliphatic rings. The third-order valence-corrected chi connectivity index (χ3v) is 4.92. The number of benzene rings is 2. The molecule has 1 fully saturated rings. The van der Waals surface area contributed by atoms with Gasteiger partial charge in [-0.05, 0) is 30.7 Å². The number of hydrogen-bond acceptors (Lipinski definition) is 6. The van der Waals surface area contributed by atoms with Crippen LogP contribution < -0.4 is 15.0 Å². The van der Waals surface area contributed by atoms with Gasteiger partial charge in [0.15, 0.2) is 0 Å². The zero-order chi connectivity index (χ0) is 20.3. The van der Waals surface area contributed by atoms with Crippen LogP contribution in [-0.2, 0) is 4.74 Å². The quantitative estimate of drug-likeness (QED) is 0.602. The molecule has 0 radical (unpaired) electrons. The topological polar surface area (TPSA) is 93.9 Å². The van der Waals surface area contributed by atoms with Crippen LogP contribution in [0.15, 0.2) is 30.3 Å². The van der Waals surface area contributed by atoms with Gasteiger partial charge in [-0.2, -0.15) is 0 Å². The van der Waals surface area contributed by atoms with Crippen LogP contribution in [0.3, 0.4) is 0 Å². The van der Waals surface area contributed by atoms with Crippen molar-refractivity contribution in [3.63, 3.8) is 0 Å². The zero-order valence-corrected chi connectivity index (χ0v) is 16.3.